The van der Waals surface area contributed by atoms with Crippen molar-refractivity contribution in [1.29, 1.82) is 0 Å². The van der Waals surface area contributed by atoms with Gasteiger partial charge in [-0.1, -0.05) is 147 Å². The summed E-state index contributed by atoms with van der Waals surface area (Å²) in [6.45, 7) is 17.9. The van der Waals surface area contributed by atoms with Crippen molar-refractivity contribution in [3.05, 3.63) is 179 Å². The number of benzene rings is 6. The van der Waals surface area contributed by atoms with E-state index in [-0.39, 0.29) is 0 Å². The van der Waals surface area contributed by atoms with Crippen LogP contribution in [0.15, 0.2) is 140 Å². The molecule has 1 heterocycles. The maximum atomic E-state index is 4.93. The second-order valence-corrected chi connectivity index (χ2v) is 20.3. The monoisotopic (exact) mass is 861 g/mol. The molecule has 0 spiro atoms. The SMILES string of the molecule is Cc1cc2c(-c3ccccc3C(C)C)c(C)ccc2[cH-]1.Cc1cc2c(-c3ccccc3C(C)C)c(C)ccc2[cH-]1.[Cl][Zr][Cl].[c-]1cccc2c1[Si]c1ccccc1-2. The molecule has 2 radical (unpaired) electrons. The summed E-state index contributed by atoms with van der Waals surface area (Å²) < 4.78 is 0. The molecule has 0 unspecified atom stereocenters. The molecule has 9 rings (SSSR count). The van der Waals surface area contributed by atoms with E-state index in [2.05, 4.69) is 195 Å². The number of aryl methyl sites for hydroxylation is 4. The zero-order valence-electron chi connectivity index (χ0n) is 33.7. The first kappa shape index (κ1) is 41.8. The summed E-state index contributed by atoms with van der Waals surface area (Å²) in [7, 11) is 10.7. The number of fused-ring (bicyclic) bond motifs is 5. The molecule has 0 nitrogen and oxygen atoms in total. The standard InChI is InChI=1S/2C20H21.C12H7Si.2ClH.Zr/c2*1-13(2)17-7-5-6-8-18(17)20-15(4)9-10-16-11-14(3)12-19(16)20;1-3-7-11-9(5-1)10-6-2-4-8-12(10)13-11;;;/h2*5-13H,1-4H3;1-7H;2*1H;/q3*-1;;;+2/p-2. The third kappa shape index (κ3) is 9.33. The van der Waals surface area contributed by atoms with Gasteiger partial charge in [0.1, 0.15) is 0 Å². The Hall–Kier alpha value is -3.78. The van der Waals surface area contributed by atoms with Crippen molar-refractivity contribution >= 4 is 58.5 Å². The van der Waals surface area contributed by atoms with Crippen LogP contribution in [-0.4, -0.2) is 9.52 Å². The normalized spacial score (nSPS) is 11.3. The molecule has 1 aliphatic heterocycles. The summed E-state index contributed by atoms with van der Waals surface area (Å²) in [6, 6.07) is 53.9. The topological polar surface area (TPSA) is 0 Å². The second kappa shape index (κ2) is 19.1. The number of hydrogen-bond donors (Lipinski definition) is 0. The largest absolute Gasteiger partial charge is 0.184 e. The van der Waals surface area contributed by atoms with E-state index in [9.17, 15) is 0 Å². The Morgan fingerprint density at radius 2 is 0.964 bits per heavy atom. The molecule has 1 aliphatic rings. The van der Waals surface area contributed by atoms with Gasteiger partial charge < -0.3 is 0 Å². The second-order valence-electron chi connectivity index (χ2n) is 15.3. The average Bonchev–Trinajstić information content (AvgIpc) is 3.89. The Balaban J connectivity index is 0.000000140. The molecular weight excluding hydrogens is 815 g/mol. The van der Waals surface area contributed by atoms with Crippen LogP contribution in [0.5, 0.6) is 0 Å². The van der Waals surface area contributed by atoms with Gasteiger partial charge in [-0.15, -0.1) is 74.6 Å². The Morgan fingerprint density at radius 3 is 1.45 bits per heavy atom. The molecule has 0 fully saturated rings. The third-order valence-electron chi connectivity index (χ3n) is 10.5. The van der Waals surface area contributed by atoms with Crippen molar-refractivity contribution in [3.63, 3.8) is 0 Å². The summed E-state index contributed by atoms with van der Waals surface area (Å²) in [4.78, 5) is 0. The molecule has 282 valence electrons. The van der Waals surface area contributed by atoms with Crippen LogP contribution in [0.1, 0.15) is 72.9 Å². The van der Waals surface area contributed by atoms with Gasteiger partial charge in [-0.05, 0) is 47.9 Å². The maximum Gasteiger partial charge on any atom is 0.0920 e. The van der Waals surface area contributed by atoms with Crippen molar-refractivity contribution < 1.29 is 20.8 Å². The van der Waals surface area contributed by atoms with Crippen LogP contribution >= 0.6 is 17.0 Å². The van der Waals surface area contributed by atoms with Gasteiger partial charge in [0.05, 0.1) is 9.52 Å². The molecule has 0 atom stereocenters. The van der Waals surface area contributed by atoms with E-state index in [4.69, 9.17) is 17.0 Å². The number of hydrogen-bond acceptors (Lipinski definition) is 0. The maximum absolute atomic E-state index is 4.93. The van der Waals surface area contributed by atoms with Crippen molar-refractivity contribution in [2.75, 3.05) is 0 Å². The Kier molecular flexibility index (Phi) is 14.3. The molecular formula is C52H49Cl2SiZr-3. The first-order chi connectivity index (χ1) is 27.0. The molecule has 8 aromatic rings. The van der Waals surface area contributed by atoms with Crippen LogP contribution in [0, 0.1) is 33.8 Å². The molecule has 56 heavy (non-hydrogen) atoms. The van der Waals surface area contributed by atoms with Crippen LogP contribution in [0.4, 0.5) is 0 Å². The van der Waals surface area contributed by atoms with E-state index in [1.807, 2.05) is 6.07 Å². The van der Waals surface area contributed by atoms with Gasteiger partial charge in [0.2, 0.25) is 0 Å². The van der Waals surface area contributed by atoms with E-state index in [1.165, 1.54) is 98.7 Å². The van der Waals surface area contributed by atoms with E-state index in [0.29, 0.717) is 11.8 Å². The third-order valence-corrected chi connectivity index (χ3v) is 11.9. The molecule has 4 heteroatoms. The van der Waals surface area contributed by atoms with Crippen LogP contribution in [0.2, 0.25) is 0 Å². The molecule has 0 aromatic heterocycles. The van der Waals surface area contributed by atoms with Crippen LogP contribution < -0.4 is 10.4 Å². The fraction of sp³-hybridized carbons (Fsp3) is 0.192. The van der Waals surface area contributed by atoms with Gasteiger partial charge in [-0.25, -0.2) is 0 Å². The van der Waals surface area contributed by atoms with Crippen LogP contribution in [-0.2, 0) is 20.8 Å². The minimum absolute atomic E-state index is 0.539. The molecule has 8 aromatic carbocycles. The first-order valence-corrected chi connectivity index (χ1v) is 26.7. The van der Waals surface area contributed by atoms with Crippen molar-refractivity contribution in [2.45, 2.75) is 67.2 Å². The fourth-order valence-electron chi connectivity index (χ4n) is 7.98. The molecule has 0 amide bonds. The van der Waals surface area contributed by atoms with E-state index in [1.54, 1.807) is 0 Å². The predicted molar refractivity (Wildman–Crippen MR) is 245 cm³/mol. The van der Waals surface area contributed by atoms with Gasteiger partial charge in [-0.3, -0.25) is 0 Å². The summed E-state index contributed by atoms with van der Waals surface area (Å²) >= 11 is -0.826. The van der Waals surface area contributed by atoms with Crippen molar-refractivity contribution in [1.82, 2.24) is 0 Å². The van der Waals surface area contributed by atoms with Crippen molar-refractivity contribution in [2.24, 2.45) is 0 Å². The molecule has 0 saturated heterocycles. The summed E-state index contributed by atoms with van der Waals surface area (Å²) in [5, 5.41) is 8.29. The molecule has 0 aliphatic carbocycles. The van der Waals surface area contributed by atoms with Gasteiger partial charge in [-0.2, -0.15) is 41.6 Å². The molecule has 0 N–H and O–H groups in total. The van der Waals surface area contributed by atoms with E-state index >= 15 is 0 Å². The number of halogens is 2. The first-order valence-electron chi connectivity index (χ1n) is 19.4. The zero-order valence-corrected chi connectivity index (χ0v) is 38.7. The summed E-state index contributed by atoms with van der Waals surface area (Å²) in [5.41, 5.74) is 16.6. The Labute approximate surface area is 356 Å². The summed E-state index contributed by atoms with van der Waals surface area (Å²) in [5.74, 6) is 1.08. The average molecular weight is 864 g/mol. The minimum Gasteiger partial charge on any atom is -0.184 e. The van der Waals surface area contributed by atoms with Crippen molar-refractivity contribution in [3.8, 4) is 33.4 Å². The number of rotatable bonds is 4. The minimum atomic E-state index is -0.826. The summed E-state index contributed by atoms with van der Waals surface area (Å²) in [6.07, 6.45) is 0. The smallest absolute Gasteiger partial charge is 0.0920 e. The Bertz CT molecular complexity index is 2390. The predicted octanol–water partition coefficient (Wildman–Crippen LogP) is 14.4. The van der Waals surface area contributed by atoms with E-state index < -0.39 is 20.8 Å². The quantitative estimate of drug-likeness (QED) is 0.122. The van der Waals surface area contributed by atoms with Gasteiger partial charge >= 0.3 is 37.9 Å². The zero-order chi connectivity index (χ0) is 39.9. The molecule has 0 saturated carbocycles. The fourth-order valence-corrected chi connectivity index (χ4v) is 9.29. The Morgan fingerprint density at radius 1 is 0.536 bits per heavy atom. The van der Waals surface area contributed by atoms with Crippen LogP contribution in [0.25, 0.3) is 54.9 Å². The molecule has 0 bridgehead atoms. The van der Waals surface area contributed by atoms with Gasteiger partial charge in [0.25, 0.3) is 0 Å². The van der Waals surface area contributed by atoms with Crippen LogP contribution in [0.3, 0.4) is 0 Å². The van der Waals surface area contributed by atoms with Gasteiger partial charge in [0, 0.05) is 0 Å². The van der Waals surface area contributed by atoms with Gasteiger partial charge in [0.15, 0.2) is 0 Å². The van der Waals surface area contributed by atoms with E-state index in [0.717, 1.165) is 9.52 Å².